The molecular formula is C12H14N4O6. The first-order valence-corrected chi connectivity index (χ1v) is 6.48. The lowest BCUT2D eigenvalue weighted by Gasteiger charge is -2.18. The van der Waals surface area contributed by atoms with Crippen molar-refractivity contribution in [3.8, 4) is 6.07 Å². The number of aromatic nitrogens is 2. The fraction of sp³-hybridized carbons (Fsp3) is 0.583. The Morgan fingerprint density at radius 1 is 1.59 bits per heavy atom. The number of aromatic amines is 1. The molecule has 0 radical (unpaired) electrons. The van der Waals surface area contributed by atoms with Crippen LogP contribution in [-0.4, -0.2) is 38.8 Å². The van der Waals surface area contributed by atoms with Gasteiger partial charge in [0.1, 0.15) is 6.23 Å². The third kappa shape index (κ3) is 2.76. The quantitative estimate of drug-likeness (QED) is 0.521. The van der Waals surface area contributed by atoms with Gasteiger partial charge in [0.05, 0.1) is 30.6 Å². The summed E-state index contributed by atoms with van der Waals surface area (Å²) in [4.78, 5) is 35.6. The highest BCUT2D eigenvalue weighted by molar-refractivity contribution is 5.05. The van der Waals surface area contributed by atoms with Gasteiger partial charge in [-0.25, -0.2) is 4.79 Å². The zero-order valence-electron chi connectivity index (χ0n) is 11.6. The summed E-state index contributed by atoms with van der Waals surface area (Å²) >= 11 is 0. The predicted molar refractivity (Wildman–Crippen MR) is 71.5 cm³/mol. The summed E-state index contributed by atoms with van der Waals surface area (Å²) in [6.07, 6.45) is -0.804. The second-order valence-electron chi connectivity index (χ2n) is 5.06. The Morgan fingerprint density at radius 2 is 2.27 bits per heavy atom. The van der Waals surface area contributed by atoms with E-state index in [2.05, 4.69) is 4.98 Å². The zero-order valence-corrected chi connectivity index (χ0v) is 11.6. The smallest absolute Gasteiger partial charge is 0.330 e. The number of hydrogen-bond donors (Lipinski definition) is 2. The molecule has 1 saturated heterocycles. The topological polar surface area (TPSA) is 151 Å². The molecule has 2 heterocycles. The summed E-state index contributed by atoms with van der Waals surface area (Å²) < 4.78 is 6.47. The fourth-order valence-electron chi connectivity index (χ4n) is 2.58. The van der Waals surface area contributed by atoms with Crippen molar-refractivity contribution in [2.75, 3.05) is 13.2 Å². The number of rotatable bonds is 4. The lowest BCUT2D eigenvalue weighted by molar-refractivity contribution is -0.491. The van der Waals surface area contributed by atoms with E-state index in [1.54, 1.807) is 0 Å². The van der Waals surface area contributed by atoms with Gasteiger partial charge in [-0.3, -0.25) is 24.5 Å². The fourth-order valence-corrected chi connectivity index (χ4v) is 2.58. The second-order valence-corrected chi connectivity index (χ2v) is 5.06. The van der Waals surface area contributed by atoms with E-state index >= 15 is 0 Å². The number of aryl methyl sites for hydroxylation is 1. The van der Waals surface area contributed by atoms with Gasteiger partial charge in [0, 0.05) is 16.7 Å². The van der Waals surface area contributed by atoms with E-state index in [1.807, 2.05) is 6.07 Å². The van der Waals surface area contributed by atoms with Gasteiger partial charge >= 0.3 is 5.69 Å². The molecule has 1 aliphatic heterocycles. The van der Waals surface area contributed by atoms with Gasteiger partial charge in [-0.2, -0.15) is 5.26 Å². The Hall–Kier alpha value is -2.51. The van der Waals surface area contributed by atoms with Gasteiger partial charge in [0.25, 0.3) is 5.56 Å². The Balaban J connectivity index is 2.50. The van der Waals surface area contributed by atoms with Crippen LogP contribution in [0.3, 0.4) is 0 Å². The van der Waals surface area contributed by atoms with Crippen LogP contribution in [0.1, 0.15) is 11.8 Å². The maximum atomic E-state index is 11.9. The third-order valence-electron chi connectivity index (χ3n) is 3.65. The van der Waals surface area contributed by atoms with Crippen LogP contribution in [0.15, 0.2) is 15.8 Å². The zero-order chi connectivity index (χ0) is 16.4. The first-order valence-electron chi connectivity index (χ1n) is 6.48. The first kappa shape index (κ1) is 15.9. The monoisotopic (exact) mass is 310 g/mol. The number of aliphatic hydroxyl groups is 1. The van der Waals surface area contributed by atoms with Crippen molar-refractivity contribution in [2.45, 2.75) is 19.3 Å². The summed E-state index contributed by atoms with van der Waals surface area (Å²) in [5.41, 5.74) is -1.13. The number of nitro groups is 1. The van der Waals surface area contributed by atoms with Gasteiger partial charge in [0.2, 0.25) is 6.54 Å². The van der Waals surface area contributed by atoms with E-state index < -0.39 is 53.5 Å². The SMILES string of the molecule is Cc1cn([C@@H]2O[C@H](CO)[C@@H](C#N)[C@H]2C[N+](=O)[O-])c(=O)[nH]c1=O. The van der Waals surface area contributed by atoms with Crippen LogP contribution >= 0.6 is 0 Å². The largest absolute Gasteiger partial charge is 0.394 e. The molecule has 0 spiro atoms. The molecular weight excluding hydrogens is 296 g/mol. The van der Waals surface area contributed by atoms with Crippen LogP contribution in [-0.2, 0) is 4.74 Å². The van der Waals surface area contributed by atoms with Crippen LogP contribution in [0.2, 0.25) is 0 Å². The maximum absolute atomic E-state index is 11.9. The number of aliphatic hydroxyl groups excluding tert-OH is 1. The van der Waals surface area contributed by atoms with E-state index in [4.69, 9.17) is 4.74 Å². The van der Waals surface area contributed by atoms with Crippen molar-refractivity contribution in [2.24, 2.45) is 11.8 Å². The van der Waals surface area contributed by atoms with Crippen molar-refractivity contribution in [1.29, 1.82) is 5.26 Å². The Kier molecular flexibility index (Phi) is 4.39. The molecule has 1 fully saturated rings. The molecule has 0 unspecified atom stereocenters. The summed E-state index contributed by atoms with van der Waals surface area (Å²) in [5, 5.41) is 29.3. The molecule has 22 heavy (non-hydrogen) atoms. The molecule has 1 aromatic rings. The molecule has 10 heteroatoms. The molecule has 0 saturated carbocycles. The summed E-state index contributed by atoms with van der Waals surface area (Å²) in [5.74, 6) is -1.85. The summed E-state index contributed by atoms with van der Waals surface area (Å²) in [7, 11) is 0. The summed E-state index contributed by atoms with van der Waals surface area (Å²) in [6.45, 7) is 0.377. The van der Waals surface area contributed by atoms with E-state index in [0.29, 0.717) is 0 Å². The molecule has 0 aromatic carbocycles. The maximum Gasteiger partial charge on any atom is 0.330 e. The van der Waals surface area contributed by atoms with Gasteiger partial charge < -0.3 is 9.84 Å². The second kappa shape index (κ2) is 6.08. The molecule has 0 aliphatic carbocycles. The first-order chi connectivity index (χ1) is 10.4. The molecule has 0 bridgehead atoms. The normalized spacial score (nSPS) is 27.5. The highest BCUT2D eigenvalue weighted by Gasteiger charge is 2.48. The van der Waals surface area contributed by atoms with Crippen molar-refractivity contribution in [3.63, 3.8) is 0 Å². The highest BCUT2D eigenvalue weighted by atomic mass is 16.6. The van der Waals surface area contributed by atoms with Crippen LogP contribution in [0.5, 0.6) is 0 Å². The van der Waals surface area contributed by atoms with E-state index in [0.717, 1.165) is 4.57 Å². The van der Waals surface area contributed by atoms with Crippen molar-refractivity contribution < 1.29 is 14.8 Å². The van der Waals surface area contributed by atoms with Gasteiger partial charge in [-0.15, -0.1) is 0 Å². The molecule has 10 nitrogen and oxygen atoms in total. The predicted octanol–water partition coefficient (Wildman–Crippen LogP) is -1.23. The molecule has 2 rings (SSSR count). The average Bonchev–Trinajstić information content (AvgIpc) is 2.79. The molecule has 4 atom stereocenters. The number of H-pyrrole nitrogens is 1. The molecule has 1 aromatic heterocycles. The Morgan fingerprint density at radius 3 is 2.82 bits per heavy atom. The number of hydrogen-bond acceptors (Lipinski definition) is 7. The molecule has 118 valence electrons. The number of nitriles is 1. The van der Waals surface area contributed by atoms with Crippen molar-refractivity contribution >= 4 is 0 Å². The Bertz CT molecular complexity index is 732. The minimum absolute atomic E-state index is 0.226. The average molecular weight is 310 g/mol. The van der Waals surface area contributed by atoms with Gasteiger partial charge in [-0.1, -0.05) is 0 Å². The van der Waals surface area contributed by atoms with Crippen molar-refractivity contribution in [3.05, 3.63) is 42.7 Å². The number of nitrogens with one attached hydrogen (secondary N) is 1. The number of ether oxygens (including phenoxy) is 1. The standard InChI is InChI=1S/C12H14N4O6/c1-6-3-15(12(19)14-10(6)18)11-8(4-16(20)21)7(2-13)9(5-17)22-11/h3,7-9,11,17H,4-5H2,1H3,(H,14,18,19)/t7-,8+,9+,11+/m0/s1. The van der Waals surface area contributed by atoms with E-state index in [1.165, 1.54) is 13.1 Å². The minimum Gasteiger partial charge on any atom is -0.394 e. The van der Waals surface area contributed by atoms with Crippen LogP contribution in [0.4, 0.5) is 0 Å². The minimum atomic E-state index is -1.10. The highest BCUT2D eigenvalue weighted by Crippen LogP contribution is 2.38. The van der Waals surface area contributed by atoms with Crippen LogP contribution < -0.4 is 11.2 Å². The molecule has 1 aliphatic rings. The molecule has 2 N–H and O–H groups in total. The Labute approximate surface area is 123 Å². The molecule has 0 amide bonds. The number of nitrogens with zero attached hydrogens (tertiary/aromatic N) is 3. The van der Waals surface area contributed by atoms with E-state index in [-0.39, 0.29) is 5.56 Å². The van der Waals surface area contributed by atoms with Crippen LogP contribution in [0, 0.1) is 40.2 Å². The van der Waals surface area contributed by atoms with Crippen molar-refractivity contribution in [1.82, 2.24) is 9.55 Å². The van der Waals surface area contributed by atoms with E-state index in [9.17, 15) is 30.1 Å². The van der Waals surface area contributed by atoms with Gasteiger partial charge in [-0.05, 0) is 6.92 Å². The lowest BCUT2D eigenvalue weighted by atomic mass is 9.90. The lowest BCUT2D eigenvalue weighted by Crippen LogP contribution is -2.37. The third-order valence-corrected chi connectivity index (χ3v) is 3.65. The van der Waals surface area contributed by atoms with Gasteiger partial charge in [0.15, 0.2) is 0 Å². The van der Waals surface area contributed by atoms with Crippen LogP contribution in [0.25, 0.3) is 0 Å². The summed E-state index contributed by atoms with van der Waals surface area (Å²) in [6, 6.07) is 1.89.